The maximum absolute atomic E-state index is 11.4. The van der Waals surface area contributed by atoms with Crippen LogP contribution in [0.15, 0.2) is 4.52 Å². The van der Waals surface area contributed by atoms with Crippen LogP contribution in [0.5, 0.6) is 0 Å². The van der Waals surface area contributed by atoms with Gasteiger partial charge >= 0.3 is 11.9 Å². The molecule has 17 heavy (non-hydrogen) atoms. The van der Waals surface area contributed by atoms with Gasteiger partial charge < -0.3 is 14.0 Å². The Bertz CT molecular complexity index is 396. The molecule has 1 unspecified atom stereocenters. The second kappa shape index (κ2) is 4.83. The Morgan fingerprint density at radius 2 is 2.35 bits per heavy atom. The third-order valence-electron chi connectivity index (χ3n) is 2.82. The fraction of sp³-hybridized carbons (Fsp3) is 0.727. The minimum absolute atomic E-state index is 0.114. The van der Waals surface area contributed by atoms with Gasteiger partial charge in [0, 0.05) is 6.61 Å². The van der Waals surface area contributed by atoms with Crippen molar-refractivity contribution in [2.75, 3.05) is 13.2 Å². The van der Waals surface area contributed by atoms with Gasteiger partial charge in [0.15, 0.2) is 0 Å². The Balaban J connectivity index is 2.14. The van der Waals surface area contributed by atoms with Gasteiger partial charge in [-0.15, -0.1) is 0 Å². The van der Waals surface area contributed by atoms with Crippen LogP contribution in [-0.4, -0.2) is 29.3 Å². The van der Waals surface area contributed by atoms with Gasteiger partial charge in [-0.3, -0.25) is 0 Å². The zero-order valence-electron chi connectivity index (χ0n) is 10.1. The largest absolute Gasteiger partial charge is 0.459 e. The van der Waals surface area contributed by atoms with Gasteiger partial charge in [-0.1, -0.05) is 5.16 Å². The van der Waals surface area contributed by atoms with E-state index in [4.69, 9.17) is 14.0 Å². The molecule has 6 heteroatoms. The maximum atomic E-state index is 11.4. The summed E-state index contributed by atoms with van der Waals surface area (Å²) in [6.07, 6.45) is 2.92. The maximum Gasteiger partial charge on any atom is 0.397 e. The van der Waals surface area contributed by atoms with Gasteiger partial charge in [0.05, 0.1) is 6.61 Å². The second-order valence-corrected chi connectivity index (χ2v) is 4.18. The molecule has 1 saturated heterocycles. The number of carbonyl (C=O) groups is 1. The standard InChI is InChI=1S/C11H16N2O4/c1-3-15-9(14)8-12-10(13-17-8)11(2)6-4-5-7-16-11/h3-7H2,1-2H3. The van der Waals surface area contributed by atoms with Crippen molar-refractivity contribution in [1.82, 2.24) is 10.1 Å². The van der Waals surface area contributed by atoms with E-state index in [1.165, 1.54) is 0 Å². The van der Waals surface area contributed by atoms with Crippen molar-refractivity contribution in [3.8, 4) is 0 Å². The monoisotopic (exact) mass is 240 g/mol. The lowest BCUT2D eigenvalue weighted by Gasteiger charge is -2.30. The first-order valence-electron chi connectivity index (χ1n) is 5.81. The van der Waals surface area contributed by atoms with Crippen molar-refractivity contribution in [2.45, 2.75) is 38.7 Å². The molecule has 1 aromatic heterocycles. The van der Waals surface area contributed by atoms with E-state index in [1.807, 2.05) is 6.92 Å². The number of hydrogen-bond donors (Lipinski definition) is 0. The minimum Gasteiger partial charge on any atom is -0.459 e. The summed E-state index contributed by atoms with van der Waals surface area (Å²) in [5.41, 5.74) is -0.549. The van der Waals surface area contributed by atoms with Crippen molar-refractivity contribution < 1.29 is 18.8 Å². The van der Waals surface area contributed by atoms with E-state index in [0.717, 1.165) is 19.3 Å². The minimum atomic E-state index is -0.592. The van der Waals surface area contributed by atoms with Crippen LogP contribution in [-0.2, 0) is 15.1 Å². The summed E-state index contributed by atoms with van der Waals surface area (Å²) in [5, 5.41) is 3.80. The molecule has 0 aromatic carbocycles. The summed E-state index contributed by atoms with van der Waals surface area (Å²) in [6, 6.07) is 0. The molecule has 0 spiro atoms. The lowest BCUT2D eigenvalue weighted by atomic mass is 9.95. The molecule has 1 aliphatic heterocycles. The van der Waals surface area contributed by atoms with Crippen LogP contribution in [0.3, 0.4) is 0 Å². The van der Waals surface area contributed by atoms with E-state index in [2.05, 4.69) is 10.1 Å². The third-order valence-corrected chi connectivity index (χ3v) is 2.82. The first-order chi connectivity index (χ1) is 8.15. The topological polar surface area (TPSA) is 74.5 Å². The Hall–Kier alpha value is -1.43. The molecule has 0 bridgehead atoms. The number of ether oxygens (including phenoxy) is 2. The van der Waals surface area contributed by atoms with E-state index < -0.39 is 11.6 Å². The normalized spacial score (nSPS) is 24.6. The smallest absolute Gasteiger partial charge is 0.397 e. The number of nitrogens with zero attached hydrogens (tertiary/aromatic N) is 2. The fourth-order valence-electron chi connectivity index (χ4n) is 1.82. The molecular weight excluding hydrogens is 224 g/mol. The molecule has 1 aliphatic rings. The lowest BCUT2D eigenvalue weighted by Crippen LogP contribution is -2.31. The molecule has 0 saturated carbocycles. The van der Waals surface area contributed by atoms with E-state index in [0.29, 0.717) is 12.4 Å². The number of carbonyl (C=O) groups excluding carboxylic acids is 1. The first-order valence-corrected chi connectivity index (χ1v) is 5.81. The van der Waals surface area contributed by atoms with Gasteiger partial charge in [0.1, 0.15) is 5.60 Å². The molecule has 0 aliphatic carbocycles. The summed E-state index contributed by atoms with van der Waals surface area (Å²) in [7, 11) is 0. The summed E-state index contributed by atoms with van der Waals surface area (Å²) in [6.45, 7) is 4.59. The fourth-order valence-corrected chi connectivity index (χ4v) is 1.82. The van der Waals surface area contributed by atoms with Crippen LogP contribution in [0, 0.1) is 0 Å². The Morgan fingerprint density at radius 1 is 1.53 bits per heavy atom. The molecule has 6 nitrogen and oxygen atoms in total. The number of hydrogen-bond acceptors (Lipinski definition) is 6. The van der Waals surface area contributed by atoms with Crippen LogP contribution < -0.4 is 0 Å². The van der Waals surface area contributed by atoms with E-state index in [1.54, 1.807) is 6.92 Å². The number of rotatable bonds is 3. The molecule has 0 N–H and O–H groups in total. The summed E-state index contributed by atoms with van der Waals surface area (Å²) in [5.74, 6) is -0.289. The highest BCUT2D eigenvalue weighted by molar-refractivity contribution is 5.83. The molecule has 1 fully saturated rings. The molecule has 2 rings (SSSR count). The van der Waals surface area contributed by atoms with Crippen molar-refractivity contribution in [2.24, 2.45) is 0 Å². The molecule has 1 aromatic rings. The van der Waals surface area contributed by atoms with Crippen LogP contribution in [0.2, 0.25) is 0 Å². The van der Waals surface area contributed by atoms with Gasteiger partial charge in [0.25, 0.3) is 0 Å². The third kappa shape index (κ3) is 2.46. The molecular formula is C11H16N2O4. The predicted molar refractivity (Wildman–Crippen MR) is 57.4 cm³/mol. The lowest BCUT2D eigenvalue weighted by molar-refractivity contribution is -0.0770. The molecule has 0 amide bonds. The van der Waals surface area contributed by atoms with E-state index >= 15 is 0 Å². The van der Waals surface area contributed by atoms with Crippen molar-refractivity contribution >= 4 is 5.97 Å². The number of aromatic nitrogens is 2. The van der Waals surface area contributed by atoms with Gasteiger partial charge in [-0.05, 0) is 33.1 Å². The molecule has 94 valence electrons. The van der Waals surface area contributed by atoms with Gasteiger partial charge in [-0.25, -0.2) is 4.79 Å². The highest BCUT2D eigenvalue weighted by atomic mass is 16.6. The second-order valence-electron chi connectivity index (χ2n) is 4.18. The predicted octanol–water partition coefficient (Wildman–Crippen LogP) is 1.66. The van der Waals surface area contributed by atoms with Crippen molar-refractivity contribution in [3.05, 3.63) is 11.7 Å². The summed E-state index contributed by atoms with van der Waals surface area (Å²) < 4.78 is 15.3. The molecule has 2 heterocycles. The molecule has 0 radical (unpaired) electrons. The van der Waals surface area contributed by atoms with E-state index in [9.17, 15) is 4.79 Å². The quantitative estimate of drug-likeness (QED) is 0.748. The average molecular weight is 240 g/mol. The first kappa shape index (κ1) is 12.0. The van der Waals surface area contributed by atoms with Gasteiger partial charge in [0.2, 0.25) is 5.82 Å². The van der Waals surface area contributed by atoms with Crippen LogP contribution in [0.25, 0.3) is 0 Å². The zero-order chi connectivity index (χ0) is 12.3. The van der Waals surface area contributed by atoms with Crippen LogP contribution in [0.1, 0.15) is 49.6 Å². The SMILES string of the molecule is CCOC(=O)c1nc(C2(C)CCCCO2)no1. The van der Waals surface area contributed by atoms with Crippen LogP contribution >= 0.6 is 0 Å². The highest BCUT2D eigenvalue weighted by Crippen LogP contribution is 2.32. The Kier molecular flexibility index (Phi) is 3.42. The van der Waals surface area contributed by atoms with Crippen molar-refractivity contribution in [3.63, 3.8) is 0 Å². The summed E-state index contributed by atoms with van der Waals surface area (Å²) >= 11 is 0. The van der Waals surface area contributed by atoms with Crippen LogP contribution in [0.4, 0.5) is 0 Å². The Morgan fingerprint density at radius 3 is 3.00 bits per heavy atom. The number of esters is 1. The Labute approximate surface area is 99.3 Å². The van der Waals surface area contributed by atoms with E-state index in [-0.39, 0.29) is 12.5 Å². The summed E-state index contributed by atoms with van der Waals surface area (Å²) in [4.78, 5) is 15.4. The van der Waals surface area contributed by atoms with Gasteiger partial charge in [-0.2, -0.15) is 4.98 Å². The highest BCUT2D eigenvalue weighted by Gasteiger charge is 2.35. The zero-order valence-corrected chi connectivity index (χ0v) is 10.1. The average Bonchev–Trinajstić information content (AvgIpc) is 2.80. The van der Waals surface area contributed by atoms with Crippen molar-refractivity contribution in [1.29, 1.82) is 0 Å². The molecule has 1 atom stereocenters.